The Hall–Kier alpha value is -1.14. The molecule has 0 unspecified atom stereocenters. The Morgan fingerprint density at radius 2 is 1.94 bits per heavy atom. The molecule has 0 aliphatic rings. The SMILES string of the molecule is Fc1ccc2sc(CNCC(F)(F)F)cc2c1. The average Bonchev–Trinajstić information content (AvgIpc) is 2.57. The molecule has 17 heavy (non-hydrogen) atoms. The van der Waals surface area contributed by atoms with Gasteiger partial charge in [0.25, 0.3) is 0 Å². The number of hydrogen-bond acceptors (Lipinski definition) is 2. The van der Waals surface area contributed by atoms with Crippen molar-refractivity contribution >= 4 is 21.4 Å². The fourth-order valence-electron chi connectivity index (χ4n) is 1.48. The highest BCUT2D eigenvalue weighted by molar-refractivity contribution is 7.19. The smallest absolute Gasteiger partial charge is 0.304 e. The van der Waals surface area contributed by atoms with Crippen LogP contribution in [-0.2, 0) is 6.54 Å². The Morgan fingerprint density at radius 1 is 1.18 bits per heavy atom. The van der Waals surface area contributed by atoms with Crippen molar-refractivity contribution in [2.24, 2.45) is 0 Å². The van der Waals surface area contributed by atoms with Gasteiger partial charge in [0.05, 0.1) is 6.54 Å². The third-order valence-electron chi connectivity index (χ3n) is 2.15. The summed E-state index contributed by atoms with van der Waals surface area (Å²) in [6.07, 6.45) is -4.21. The topological polar surface area (TPSA) is 12.0 Å². The predicted molar refractivity (Wildman–Crippen MR) is 59.5 cm³/mol. The molecular formula is C11H9F4NS. The van der Waals surface area contributed by atoms with Gasteiger partial charge in [-0.15, -0.1) is 11.3 Å². The second kappa shape index (κ2) is 4.62. The maximum Gasteiger partial charge on any atom is 0.401 e. The van der Waals surface area contributed by atoms with Crippen LogP contribution < -0.4 is 5.32 Å². The third-order valence-corrected chi connectivity index (χ3v) is 3.27. The maximum atomic E-state index is 12.9. The van der Waals surface area contributed by atoms with Crippen molar-refractivity contribution in [3.8, 4) is 0 Å². The van der Waals surface area contributed by atoms with Crippen LogP contribution in [0.5, 0.6) is 0 Å². The summed E-state index contributed by atoms with van der Waals surface area (Å²) in [5.74, 6) is -0.342. The van der Waals surface area contributed by atoms with Crippen molar-refractivity contribution in [1.82, 2.24) is 5.32 Å². The van der Waals surface area contributed by atoms with Gasteiger partial charge in [-0.2, -0.15) is 13.2 Å². The molecule has 0 aliphatic heterocycles. The van der Waals surface area contributed by atoms with E-state index < -0.39 is 12.7 Å². The number of benzene rings is 1. The van der Waals surface area contributed by atoms with E-state index in [1.165, 1.54) is 23.5 Å². The molecular weight excluding hydrogens is 254 g/mol. The quantitative estimate of drug-likeness (QED) is 0.833. The first-order valence-electron chi connectivity index (χ1n) is 4.89. The van der Waals surface area contributed by atoms with Gasteiger partial charge in [0.15, 0.2) is 0 Å². The second-order valence-corrected chi connectivity index (χ2v) is 4.78. The van der Waals surface area contributed by atoms with Crippen LogP contribution in [0.4, 0.5) is 17.6 Å². The molecule has 6 heteroatoms. The summed E-state index contributed by atoms with van der Waals surface area (Å²) in [5.41, 5.74) is 0. The molecule has 0 fully saturated rings. The number of thiophene rings is 1. The Morgan fingerprint density at radius 3 is 2.65 bits per heavy atom. The van der Waals surface area contributed by atoms with E-state index in [1.54, 1.807) is 12.1 Å². The molecule has 0 saturated heterocycles. The number of hydrogen-bond donors (Lipinski definition) is 1. The Kier molecular flexibility index (Phi) is 3.35. The molecule has 1 heterocycles. The summed E-state index contributed by atoms with van der Waals surface area (Å²) in [5, 5.41) is 3.03. The molecule has 0 radical (unpaired) electrons. The first kappa shape index (κ1) is 12.3. The number of nitrogens with one attached hydrogen (secondary N) is 1. The lowest BCUT2D eigenvalue weighted by Gasteiger charge is -2.06. The lowest BCUT2D eigenvalue weighted by molar-refractivity contribution is -0.125. The second-order valence-electron chi connectivity index (χ2n) is 3.61. The summed E-state index contributed by atoms with van der Waals surface area (Å²) in [6.45, 7) is -0.879. The summed E-state index contributed by atoms with van der Waals surface area (Å²) in [4.78, 5) is 0.759. The van der Waals surface area contributed by atoms with Crippen molar-refractivity contribution in [3.05, 3.63) is 35.0 Å². The minimum atomic E-state index is -4.21. The fourth-order valence-corrected chi connectivity index (χ4v) is 2.50. The van der Waals surface area contributed by atoms with E-state index in [-0.39, 0.29) is 12.4 Å². The molecule has 0 bridgehead atoms. The van der Waals surface area contributed by atoms with E-state index in [2.05, 4.69) is 5.32 Å². The minimum absolute atomic E-state index is 0.139. The van der Waals surface area contributed by atoms with Gasteiger partial charge in [-0.25, -0.2) is 4.39 Å². The summed E-state index contributed by atoms with van der Waals surface area (Å²) in [6, 6.07) is 6.04. The molecule has 0 amide bonds. The Balaban J connectivity index is 2.05. The zero-order valence-electron chi connectivity index (χ0n) is 8.64. The highest BCUT2D eigenvalue weighted by Gasteiger charge is 2.26. The zero-order chi connectivity index (χ0) is 12.5. The average molecular weight is 263 g/mol. The maximum absolute atomic E-state index is 12.9. The van der Waals surface area contributed by atoms with Gasteiger partial charge < -0.3 is 5.32 Å². The summed E-state index contributed by atoms with van der Waals surface area (Å²) >= 11 is 1.36. The monoisotopic (exact) mass is 263 g/mol. The molecule has 1 nitrogen and oxygen atoms in total. The lowest BCUT2D eigenvalue weighted by atomic mass is 10.2. The third kappa shape index (κ3) is 3.41. The Labute approximate surface area is 99.1 Å². The van der Waals surface area contributed by atoms with Crippen molar-refractivity contribution in [2.75, 3.05) is 6.54 Å². The van der Waals surface area contributed by atoms with Crippen LogP contribution in [-0.4, -0.2) is 12.7 Å². The molecule has 92 valence electrons. The van der Waals surface area contributed by atoms with E-state index in [1.807, 2.05) is 0 Å². The molecule has 1 aromatic carbocycles. The largest absolute Gasteiger partial charge is 0.401 e. The van der Waals surface area contributed by atoms with Gasteiger partial charge in [-0.05, 0) is 29.7 Å². The van der Waals surface area contributed by atoms with Gasteiger partial charge in [-0.1, -0.05) is 0 Å². The standard InChI is InChI=1S/C11H9F4NS/c12-8-1-2-10-7(3-8)4-9(17-10)5-16-6-11(13,14)15/h1-4,16H,5-6H2. The van der Waals surface area contributed by atoms with E-state index >= 15 is 0 Å². The lowest BCUT2D eigenvalue weighted by Crippen LogP contribution is -2.27. The van der Waals surface area contributed by atoms with Crippen LogP contribution in [0.2, 0.25) is 0 Å². The highest BCUT2D eigenvalue weighted by atomic mass is 32.1. The van der Waals surface area contributed by atoms with Crippen LogP contribution in [0.25, 0.3) is 10.1 Å². The van der Waals surface area contributed by atoms with Crippen LogP contribution in [0.3, 0.4) is 0 Å². The minimum Gasteiger partial charge on any atom is -0.304 e. The van der Waals surface area contributed by atoms with Gasteiger partial charge in [-0.3, -0.25) is 0 Å². The first-order chi connectivity index (χ1) is 7.94. The number of fused-ring (bicyclic) bond motifs is 1. The molecule has 0 spiro atoms. The van der Waals surface area contributed by atoms with E-state index in [4.69, 9.17) is 0 Å². The van der Waals surface area contributed by atoms with Crippen LogP contribution in [0.1, 0.15) is 4.88 Å². The van der Waals surface area contributed by atoms with Gasteiger partial charge in [0.1, 0.15) is 5.82 Å². The highest BCUT2D eigenvalue weighted by Crippen LogP contribution is 2.26. The van der Waals surface area contributed by atoms with Gasteiger partial charge in [0, 0.05) is 16.1 Å². The predicted octanol–water partition coefficient (Wildman–Crippen LogP) is 3.69. The normalized spacial score (nSPS) is 12.2. The molecule has 0 saturated carbocycles. The van der Waals surface area contributed by atoms with Crippen LogP contribution in [0.15, 0.2) is 24.3 Å². The van der Waals surface area contributed by atoms with E-state index in [0.29, 0.717) is 0 Å². The van der Waals surface area contributed by atoms with Crippen LogP contribution in [0, 0.1) is 5.82 Å². The molecule has 1 aromatic heterocycles. The molecule has 1 N–H and O–H groups in total. The van der Waals surface area contributed by atoms with Gasteiger partial charge >= 0.3 is 6.18 Å². The van der Waals surface area contributed by atoms with Crippen LogP contribution >= 0.6 is 11.3 Å². The van der Waals surface area contributed by atoms with Gasteiger partial charge in [0.2, 0.25) is 0 Å². The van der Waals surface area contributed by atoms with Crippen molar-refractivity contribution < 1.29 is 17.6 Å². The zero-order valence-corrected chi connectivity index (χ0v) is 9.46. The summed E-state index contributed by atoms with van der Waals surface area (Å²) < 4.78 is 49.5. The molecule has 0 atom stereocenters. The van der Waals surface area contributed by atoms with Crippen molar-refractivity contribution in [1.29, 1.82) is 0 Å². The molecule has 2 rings (SSSR count). The van der Waals surface area contributed by atoms with E-state index in [0.717, 1.165) is 15.0 Å². The number of halogens is 4. The fraction of sp³-hybridized carbons (Fsp3) is 0.273. The number of alkyl halides is 3. The Bertz CT molecular complexity index is 518. The number of rotatable bonds is 3. The summed E-state index contributed by atoms with van der Waals surface area (Å²) in [7, 11) is 0. The van der Waals surface area contributed by atoms with Crippen molar-refractivity contribution in [3.63, 3.8) is 0 Å². The molecule has 2 aromatic rings. The van der Waals surface area contributed by atoms with E-state index in [9.17, 15) is 17.6 Å². The first-order valence-corrected chi connectivity index (χ1v) is 5.71. The molecule has 0 aliphatic carbocycles. The van der Waals surface area contributed by atoms with Crippen molar-refractivity contribution in [2.45, 2.75) is 12.7 Å².